The first-order chi connectivity index (χ1) is 5.58. The molecule has 0 bridgehead atoms. The van der Waals surface area contributed by atoms with Crippen molar-refractivity contribution in [3.63, 3.8) is 0 Å². The number of thioether (sulfide) groups is 1. The molecule has 0 fully saturated rings. The highest BCUT2D eigenvalue weighted by Gasteiger charge is 2.03. The predicted molar refractivity (Wildman–Crippen MR) is 50.8 cm³/mol. The van der Waals surface area contributed by atoms with Gasteiger partial charge in [-0.15, -0.1) is 11.3 Å². The SMILES string of the molecule is NS(=O)(=O)CCSc1nccs1. The van der Waals surface area contributed by atoms with Gasteiger partial charge >= 0.3 is 0 Å². The number of primary sulfonamides is 1. The van der Waals surface area contributed by atoms with Crippen molar-refractivity contribution in [2.24, 2.45) is 5.14 Å². The standard InChI is InChI=1S/C5H8N2O2S3/c6-12(8,9)4-3-11-5-7-1-2-10-5/h1-2H,3-4H2,(H2,6,8,9). The molecule has 1 aromatic rings. The number of rotatable bonds is 4. The van der Waals surface area contributed by atoms with E-state index in [0.717, 1.165) is 4.34 Å². The summed E-state index contributed by atoms with van der Waals surface area (Å²) in [5.74, 6) is 0.462. The zero-order valence-corrected chi connectivity index (χ0v) is 8.58. The average molecular weight is 224 g/mol. The lowest BCUT2D eigenvalue weighted by molar-refractivity contribution is 0.599. The fourth-order valence-corrected chi connectivity index (χ4v) is 3.15. The van der Waals surface area contributed by atoms with Crippen LogP contribution >= 0.6 is 23.1 Å². The Bertz CT molecular complexity index is 318. The molecule has 0 aliphatic carbocycles. The van der Waals surface area contributed by atoms with Gasteiger partial charge in [0.25, 0.3) is 0 Å². The average Bonchev–Trinajstić information content (AvgIpc) is 2.36. The number of hydrogen-bond acceptors (Lipinski definition) is 5. The number of aromatic nitrogens is 1. The van der Waals surface area contributed by atoms with Crippen LogP contribution in [0.15, 0.2) is 15.9 Å². The van der Waals surface area contributed by atoms with Crippen LogP contribution in [0.4, 0.5) is 0 Å². The molecule has 0 saturated heterocycles. The van der Waals surface area contributed by atoms with Crippen molar-refractivity contribution >= 4 is 33.1 Å². The van der Waals surface area contributed by atoms with Crippen molar-refractivity contribution in [1.82, 2.24) is 4.98 Å². The molecule has 0 aromatic carbocycles. The molecule has 68 valence electrons. The summed E-state index contributed by atoms with van der Waals surface area (Å²) >= 11 is 2.89. The largest absolute Gasteiger partial charge is 0.238 e. The Hall–Kier alpha value is -0.110. The van der Waals surface area contributed by atoms with E-state index in [-0.39, 0.29) is 5.75 Å². The quantitative estimate of drug-likeness (QED) is 0.757. The maximum absolute atomic E-state index is 10.5. The molecule has 7 heteroatoms. The highest BCUT2D eigenvalue weighted by Crippen LogP contribution is 2.19. The fraction of sp³-hybridized carbons (Fsp3) is 0.400. The summed E-state index contributed by atoms with van der Waals surface area (Å²) < 4.78 is 21.9. The van der Waals surface area contributed by atoms with Gasteiger partial charge in [0, 0.05) is 17.3 Å². The predicted octanol–water partition coefficient (Wildman–Crippen LogP) is 0.524. The van der Waals surface area contributed by atoms with Gasteiger partial charge in [0.1, 0.15) is 4.34 Å². The van der Waals surface area contributed by atoms with E-state index in [2.05, 4.69) is 4.98 Å². The summed E-state index contributed by atoms with van der Waals surface area (Å²) in [5, 5.41) is 6.66. The fourth-order valence-electron chi connectivity index (χ4n) is 0.527. The summed E-state index contributed by atoms with van der Waals surface area (Å²) in [5.41, 5.74) is 0. The minimum atomic E-state index is -3.32. The van der Waals surface area contributed by atoms with Crippen LogP contribution in [0.5, 0.6) is 0 Å². The van der Waals surface area contributed by atoms with Gasteiger partial charge in [-0.1, -0.05) is 11.8 Å². The Kier molecular flexibility index (Phi) is 3.51. The minimum absolute atomic E-state index is 0.00273. The molecular formula is C5H8N2O2S3. The third-order valence-electron chi connectivity index (χ3n) is 1.00. The molecule has 0 unspecified atom stereocenters. The molecule has 0 aliphatic heterocycles. The van der Waals surface area contributed by atoms with Crippen LogP contribution in [0.25, 0.3) is 0 Å². The normalized spacial score (nSPS) is 11.8. The van der Waals surface area contributed by atoms with E-state index in [1.54, 1.807) is 6.20 Å². The summed E-state index contributed by atoms with van der Waals surface area (Å²) in [4.78, 5) is 3.98. The number of sulfonamides is 1. The number of hydrogen-bond donors (Lipinski definition) is 1. The summed E-state index contributed by atoms with van der Waals surface area (Å²) in [6.07, 6.45) is 1.68. The van der Waals surface area contributed by atoms with Crippen molar-refractivity contribution in [1.29, 1.82) is 0 Å². The Labute approximate surface area is 79.2 Å². The third kappa shape index (κ3) is 4.05. The van der Waals surface area contributed by atoms with Gasteiger partial charge in [-0.05, 0) is 0 Å². The first kappa shape index (κ1) is 9.97. The van der Waals surface area contributed by atoms with Crippen molar-refractivity contribution in [2.75, 3.05) is 11.5 Å². The Morgan fingerprint density at radius 3 is 2.92 bits per heavy atom. The molecule has 12 heavy (non-hydrogen) atoms. The monoisotopic (exact) mass is 224 g/mol. The van der Waals surface area contributed by atoms with E-state index in [0.29, 0.717) is 5.75 Å². The van der Waals surface area contributed by atoms with Crippen LogP contribution in [0, 0.1) is 0 Å². The molecule has 2 N–H and O–H groups in total. The van der Waals surface area contributed by atoms with E-state index in [1.807, 2.05) is 5.38 Å². The van der Waals surface area contributed by atoms with Crippen molar-refractivity contribution in [3.05, 3.63) is 11.6 Å². The minimum Gasteiger partial charge on any atom is -0.238 e. The summed E-state index contributed by atoms with van der Waals surface area (Å²) in [6, 6.07) is 0. The summed E-state index contributed by atoms with van der Waals surface area (Å²) in [7, 11) is -3.32. The van der Waals surface area contributed by atoms with E-state index in [1.165, 1.54) is 23.1 Å². The Morgan fingerprint density at radius 2 is 2.42 bits per heavy atom. The molecule has 1 rings (SSSR count). The van der Waals surface area contributed by atoms with Crippen molar-refractivity contribution < 1.29 is 8.42 Å². The number of nitrogens with two attached hydrogens (primary N) is 1. The lowest BCUT2D eigenvalue weighted by atomic mass is 11.0. The molecule has 0 radical (unpaired) electrons. The highest BCUT2D eigenvalue weighted by molar-refractivity contribution is 8.02. The third-order valence-corrected chi connectivity index (χ3v) is 4.00. The van der Waals surface area contributed by atoms with Crippen molar-refractivity contribution in [2.45, 2.75) is 4.34 Å². The van der Waals surface area contributed by atoms with Crippen LogP contribution in [-0.2, 0) is 10.0 Å². The molecule has 0 aliphatic rings. The second-order valence-electron chi connectivity index (χ2n) is 2.01. The molecule has 0 atom stereocenters. The maximum Gasteiger partial charge on any atom is 0.209 e. The maximum atomic E-state index is 10.5. The number of thiazole rings is 1. The van der Waals surface area contributed by atoms with Gasteiger partial charge in [0.15, 0.2) is 0 Å². The van der Waals surface area contributed by atoms with Crippen LogP contribution in [-0.4, -0.2) is 24.9 Å². The molecular weight excluding hydrogens is 216 g/mol. The van der Waals surface area contributed by atoms with Gasteiger partial charge in [-0.2, -0.15) is 0 Å². The van der Waals surface area contributed by atoms with Gasteiger partial charge < -0.3 is 0 Å². The van der Waals surface area contributed by atoms with E-state index in [9.17, 15) is 8.42 Å². The summed E-state index contributed by atoms with van der Waals surface area (Å²) in [6.45, 7) is 0. The van der Waals surface area contributed by atoms with Crippen LogP contribution < -0.4 is 5.14 Å². The van der Waals surface area contributed by atoms with Crippen LogP contribution in [0.2, 0.25) is 0 Å². The van der Waals surface area contributed by atoms with E-state index >= 15 is 0 Å². The Balaban J connectivity index is 2.29. The molecule has 1 heterocycles. The van der Waals surface area contributed by atoms with Gasteiger partial charge in [-0.3, -0.25) is 0 Å². The molecule has 4 nitrogen and oxygen atoms in total. The van der Waals surface area contributed by atoms with Crippen LogP contribution in [0.1, 0.15) is 0 Å². The number of nitrogens with zero attached hydrogens (tertiary/aromatic N) is 1. The molecule has 0 spiro atoms. The smallest absolute Gasteiger partial charge is 0.209 e. The second kappa shape index (κ2) is 4.22. The van der Waals surface area contributed by atoms with E-state index in [4.69, 9.17) is 5.14 Å². The topological polar surface area (TPSA) is 73.1 Å². The lowest BCUT2D eigenvalue weighted by Crippen LogP contribution is -2.17. The molecule has 0 saturated carbocycles. The van der Waals surface area contributed by atoms with Gasteiger partial charge in [0.2, 0.25) is 10.0 Å². The lowest BCUT2D eigenvalue weighted by Gasteiger charge is -1.94. The zero-order valence-electron chi connectivity index (χ0n) is 6.13. The Morgan fingerprint density at radius 1 is 1.67 bits per heavy atom. The highest BCUT2D eigenvalue weighted by atomic mass is 32.2. The first-order valence-electron chi connectivity index (χ1n) is 3.11. The van der Waals surface area contributed by atoms with Crippen molar-refractivity contribution in [3.8, 4) is 0 Å². The first-order valence-corrected chi connectivity index (χ1v) is 6.69. The molecule has 1 aromatic heterocycles. The molecule has 0 amide bonds. The van der Waals surface area contributed by atoms with Gasteiger partial charge in [0.05, 0.1) is 5.75 Å². The zero-order chi connectivity index (χ0) is 9.03. The van der Waals surface area contributed by atoms with Gasteiger partial charge in [-0.25, -0.2) is 18.5 Å². The second-order valence-corrected chi connectivity index (χ2v) is 5.98. The van der Waals surface area contributed by atoms with Crippen LogP contribution in [0.3, 0.4) is 0 Å². The van der Waals surface area contributed by atoms with E-state index < -0.39 is 10.0 Å².